The lowest BCUT2D eigenvalue weighted by atomic mass is 10.2. The van der Waals surface area contributed by atoms with Gasteiger partial charge in [0.25, 0.3) is 5.69 Å². The number of nitrogens with one attached hydrogen (secondary N) is 1. The molecule has 0 unspecified atom stereocenters. The third-order valence-corrected chi connectivity index (χ3v) is 1.68. The SMILES string of the molecule is COC(=O)NN=Cc1ccccc1[N+](=O)[O-]. The van der Waals surface area contributed by atoms with Gasteiger partial charge in [0.2, 0.25) is 0 Å². The van der Waals surface area contributed by atoms with Crippen molar-refractivity contribution in [1.82, 2.24) is 5.43 Å². The third kappa shape index (κ3) is 3.05. The van der Waals surface area contributed by atoms with Crippen LogP contribution >= 0.6 is 0 Å². The highest BCUT2D eigenvalue weighted by Gasteiger charge is 2.09. The predicted octanol–water partition coefficient (Wildman–Crippen LogP) is 1.28. The van der Waals surface area contributed by atoms with Crippen LogP contribution in [-0.2, 0) is 4.74 Å². The molecule has 84 valence electrons. The van der Waals surface area contributed by atoms with E-state index in [2.05, 4.69) is 9.84 Å². The number of methoxy groups -OCH3 is 1. The van der Waals surface area contributed by atoms with Gasteiger partial charge in [-0.2, -0.15) is 5.10 Å². The molecule has 0 bridgehead atoms. The maximum absolute atomic E-state index is 10.6. The number of nitrogens with zero attached hydrogens (tertiary/aromatic N) is 2. The Morgan fingerprint density at radius 1 is 1.56 bits per heavy atom. The van der Waals surface area contributed by atoms with E-state index in [0.717, 1.165) is 0 Å². The van der Waals surface area contributed by atoms with Crippen molar-refractivity contribution in [3.05, 3.63) is 39.9 Å². The number of rotatable bonds is 3. The van der Waals surface area contributed by atoms with Gasteiger partial charge < -0.3 is 4.74 Å². The van der Waals surface area contributed by atoms with Gasteiger partial charge in [0.05, 0.1) is 23.8 Å². The van der Waals surface area contributed by atoms with Crippen LogP contribution in [0.5, 0.6) is 0 Å². The van der Waals surface area contributed by atoms with Crippen LogP contribution in [0.15, 0.2) is 29.4 Å². The number of ether oxygens (including phenoxy) is 1. The number of para-hydroxylation sites is 1. The lowest BCUT2D eigenvalue weighted by Crippen LogP contribution is -2.16. The second-order valence-corrected chi connectivity index (χ2v) is 2.68. The highest BCUT2D eigenvalue weighted by atomic mass is 16.6. The summed E-state index contributed by atoms with van der Waals surface area (Å²) in [6.07, 6.45) is 0.435. The molecule has 1 rings (SSSR count). The molecule has 0 atom stereocenters. The molecule has 0 aliphatic rings. The van der Waals surface area contributed by atoms with Gasteiger partial charge in [-0.1, -0.05) is 12.1 Å². The van der Waals surface area contributed by atoms with Gasteiger partial charge in [0, 0.05) is 6.07 Å². The van der Waals surface area contributed by atoms with Gasteiger partial charge in [-0.25, -0.2) is 10.2 Å². The Morgan fingerprint density at radius 3 is 2.88 bits per heavy atom. The maximum atomic E-state index is 10.6. The summed E-state index contributed by atoms with van der Waals surface area (Å²) < 4.78 is 4.27. The molecule has 1 aromatic rings. The number of carbonyl (C=O) groups excluding carboxylic acids is 1. The molecule has 1 N–H and O–H groups in total. The van der Waals surface area contributed by atoms with Crippen molar-refractivity contribution in [2.75, 3.05) is 7.11 Å². The van der Waals surface area contributed by atoms with Crippen LogP contribution < -0.4 is 5.43 Å². The highest BCUT2D eigenvalue weighted by Crippen LogP contribution is 2.14. The molecule has 0 fully saturated rings. The number of carbonyl (C=O) groups is 1. The average molecular weight is 223 g/mol. The van der Waals surface area contributed by atoms with Crippen LogP contribution in [0, 0.1) is 10.1 Å². The number of hydrogen-bond donors (Lipinski definition) is 1. The van der Waals surface area contributed by atoms with Crippen LogP contribution in [0.1, 0.15) is 5.56 Å². The minimum absolute atomic E-state index is 0.0853. The lowest BCUT2D eigenvalue weighted by molar-refractivity contribution is -0.385. The quantitative estimate of drug-likeness (QED) is 0.474. The minimum atomic E-state index is -0.741. The zero-order valence-electron chi connectivity index (χ0n) is 8.41. The molecule has 0 aromatic heterocycles. The summed E-state index contributed by atoms with van der Waals surface area (Å²) in [5.74, 6) is 0. The Kier molecular flexibility index (Phi) is 3.96. The van der Waals surface area contributed by atoms with Gasteiger partial charge in [-0.15, -0.1) is 0 Å². The first-order chi connectivity index (χ1) is 7.65. The van der Waals surface area contributed by atoms with Gasteiger partial charge in [0.1, 0.15) is 0 Å². The van der Waals surface area contributed by atoms with Gasteiger partial charge >= 0.3 is 6.09 Å². The van der Waals surface area contributed by atoms with E-state index in [1.54, 1.807) is 12.1 Å². The Morgan fingerprint density at radius 2 is 2.25 bits per heavy atom. The molecule has 1 amide bonds. The first kappa shape index (κ1) is 11.6. The van der Waals surface area contributed by atoms with Crippen LogP contribution in [0.4, 0.5) is 10.5 Å². The van der Waals surface area contributed by atoms with E-state index in [4.69, 9.17) is 0 Å². The zero-order chi connectivity index (χ0) is 12.0. The molecule has 7 heteroatoms. The van der Waals surface area contributed by atoms with Crippen molar-refractivity contribution < 1.29 is 14.5 Å². The van der Waals surface area contributed by atoms with Crippen molar-refractivity contribution in [3.8, 4) is 0 Å². The first-order valence-electron chi connectivity index (χ1n) is 4.25. The van der Waals surface area contributed by atoms with Crippen molar-refractivity contribution in [2.24, 2.45) is 5.10 Å². The normalized spacial score (nSPS) is 10.1. The summed E-state index contributed by atoms with van der Waals surface area (Å²) >= 11 is 0. The second-order valence-electron chi connectivity index (χ2n) is 2.68. The van der Waals surface area contributed by atoms with E-state index in [-0.39, 0.29) is 5.69 Å². The fraction of sp³-hybridized carbons (Fsp3) is 0.111. The Balaban J connectivity index is 2.80. The molecular weight excluding hydrogens is 214 g/mol. The van der Waals surface area contributed by atoms with Crippen LogP contribution in [-0.4, -0.2) is 24.3 Å². The average Bonchev–Trinajstić information content (AvgIpc) is 2.29. The topological polar surface area (TPSA) is 93.8 Å². The van der Waals surface area contributed by atoms with E-state index in [1.165, 1.54) is 25.5 Å². The Bertz CT molecular complexity index is 431. The molecular formula is C9H9N3O4. The number of hydrazone groups is 1. The van der Waals surface area contributed by atoms with Crippen molar-refractivity contribution in [1.29, 1.82) is 0 Å². The monoisotopic (exact) mass is 223 g/mol. The molecule has 16 heavy (non-hydrogen) atoms. The molecule has 7 nitrogen and oxygen atoms in total. The Labute approximate surface area is 90.9 Å². The van der Waals surface area contributed by atoms with E-state index in [1.807, 2.05) is 5.43 Å². The fourth-order valence-corrected chi connectivity index (χ4v) is 0.963. The maximum Gasteiger partial charge on any atom is 0.427 e. The zero-order valence-corrected chi connectivity index (χ0v) is 8.41. The largest absolute Gasteiger partial charge is 0.452 e. The van der Waals surface area contributed by atoms with Crippen molar-refractivity contribution in [3.63, 3.8) is 0 Å². The van der Waals surface area contributed by atoms with Crippen molar-refractivity contribution in [2.45, 2.75) is 0 Å². The number of benzene rings is 1. The molecule has 1 aromatic carbocycles. The lowest BCUT2D eigenvalue weighted by Gasteiger charge is -1.97. The molecule has 0 heterocycles. The molecule has 0 aliphatic heterocycles. The summed E-state index contributed by atoms with van der Waals surface area (Å²) in [6, 6.07) is 6.04. The summed E-state index contributed by atoms with van der Waals surface area (Å²) in [6.45, 7) is 0. The molecule has 0 radical (unpaired) electrons. The number of nitro benzene ring substituents is 1. The van der Waals surface area contributed by atoms with Crippen molar-refractivity contribution >= 4 is 18.0 Å². The summed E-state index contributed by atoms with van der Waals surface area (Å²) in [5, 5.41) is 14.1. The molecule has 0 spiro atoms. The Hall–Kier alpha value is -2.44. The number of nitro groups is 1. The fourth-order valence-electron chi connectivity index (χ4n) is 0.963. The number of hydrogen-bond acceptors (Lipinski definition) is 5. The predicted molar refractivity (Wildman–Crippen MR) is 56.2 cm³/mol. The van der Waals surface area contributed by atoms with E-state index in [0.29, 0.717) is 5.56 Å². The minimum Gasteiger partial charge on any atom is -0.452 e. The van der Waals surface area contributed by atoms with E-state index in [9.17, 15) is 14.9 Å². The summed E-state index contributed by atoms with van der Waals surface area (Å²) in [7, 11) is 1.19. The van der Waals surface area contributed by atoms with E-state index < -0.39 is 11.0 Å². The van der Waals surface area contributed by atoms with Gasteiger partial charge in [0.15, 0.2) is 0 Å². The van der Waals surface area contributed by atoms with Crippen LogP contribution in [0.25, 0.3) is 0 Å². The third-order valence-electron chi connectivity index (χ3n) is 1.68. The van der Waals surface area contributed by atoms with Gasteiger partial charge in [-0.05, 0) is 6.07 Å². The highest BCUT2D eigenvalue weighted by molar-refractivity contribution is 5.85. The summed E-state index contributed by atoms with van der Waals surface area (Å²) in [5.41, 5.74) is 2.24. The first-order valence-corrected chi connectivity index (χ1v) is 4.25. The van der Waals surface area contributed by atoms with Crippen LogP contribution in [0.2, 0.25) is 0 Å². The van der Waals surface area contributed by atoms with E-state index >= 15 is 0 Å². The molecule has 0 saturated carbocycles. The molecule has 0 saturated heterocycles. The number of amides is 1. The standard InChI is InChI=1S/C9H9N3O4/c1-16-9(13)11-10-6-7-4-2-3-5-8(7)12(14)15/h2-6H,1H3,(H,11,13). The summed E-state index contributed by atoms with van der Waals surface area (Å²) in [4.78, 5) is 20.7. The van der Waals surface area contributed by atoms with Gasteiger partial charge in [-0.3, -0.25) is 10.1 Å². The smallest absolute Gasteiger partial charge is 0.427 e. The molecule has 0 aliphatic carbocycles. The van der Waals surface area contributed by atoms with Crippen LogP contribution in [0.3, 0.4) is 0 Å². The second kappa shape index (κ2) is 5.44.